The first-order valence-electron chi connectivity index (χ1n) is 7.30. The van der Waals surface area contributed by atoms with Gasteiger partial charge in [0.15, 0.2) is 0 Å². The zero-order valence-electron chi connectivity index (χ0n) is 11.7. The van der Waals surface area contributed by atoms with Crippen LogP contribution in [-0.2, 0) is 4.79 Å². The lowest BCUT2D eigenvalue weighted by atomic mass is 9.99. The molecule has 1 saturated carbocycles. The molecular weight excluding hydrogens is 236 g/mol. The highest BCUT2D eigenvalue weighted by Crippen LogP contribution is 2.35. The lowest BCUT2D eigenvalue weighted by Gasteiger charge is -2.29. The highest BCUT2D eigenvalue weighted by molar-refractivity contribution is 5.88. The number of benzene rings is 1. The van der Waals surface area contributed by atoms with E-state index in [9.17, 15) is 4.79 Å². The van der Waals surface area contributed by atoms with Gasteiger partial charge in [0.2, 0.25) is 5.91 Å². The second-order valence-electron chi connectivity index (χ2n) is 6.05. The van der Waals surface area contributed by atoms with Crippen LogP contribution in [0.15, 0.2) is 24.3 Å². The van der Waals surface area contributed by atoms with Crippen LogP contribution in [0.25, 0.3) is 0 Å². The number of anilines is 1. The van der Waals surface area contributed by atoms with Crippen LogP contribution in [0.3, 0.4) is 0 Å². The van der Waals surface area contributed by atoms with Gasteiger partial charge in [-0.25, -0.2) is 0 Å². The van der Waals surface area contributed by atoms with Crippen LogP contribution >= 0.6 is 0 Å². The molecule has 102 valence electrons. The lowest BCUT2D eigenvalue weighted by molar-refractivity contribution is -0.134. The monoisotopic (exact) mass is 258 g/mol. The van der Waals surface area contributed by atoms with Crippen LogP contribution in [0, 0.1) is 5.92 Å². The van der Waals surface area contributed by atoms with Crippen LogP contribution in [0.5, 0.6) is 0 Å². The van der Waals surface area contributed by atoms with Gasteiger partial charge in [0.1, 0.15) is 0 Å². The van der Waals surface area contributed by atoms with Gasteiger partial charge in [-0.3, -0.25) is 4.79 Å². The zero-order valence-corrected chi connectivity index (χ0v) is 11.7. The predicted octanol–water partition coefficient (Wildman–Crippen LogP) is 2.84. The largest absolute Gasteiger partial charge is 0.384 e. The number of carbonyl (C=O) groups is 1. The normalized spacial score (nSPS) is 21.1. The smallest absolute Gasteiger partial charge is 0.232 e. The second kappa shape index (κ2) is 4.87. The molecule has 1 aliphatic carbocycles. The van der Waals surface area contributed by atoms with Crippen molar-refractivity contribution in [2.24, 2.45) is 5.92 Å². The number of rotatable bonds is 4. The molecule has 0 spiro atoms. The highest BCUT2D eigenvalue weighted by Gasteiger charge is 2.35. The molecule has 1 aromatic rings. The van der Waals surface area contributed by atoms with Crippen LogP contribution in [0.2, 0.25) is 0 Å². The topological polar surface area (TPSA) is 32.3 Å². The van der Waals surface area contributed by atoms with E-state index in [4.69, 9.17) is 0 Å². The maximum Gasteiger partial charge on any atom is 0.232 e. The van der Waals surface area contributed by atoms with E-state index in [2.05, 4.69) is 36.2 Å². The molecular formula is C16H22N2O. The van der Waals surface area contributed by atoms with Crippen LogP contribution in [0.4, 0.5) is 5.69 Å². The van der Waals surface area contributed by atoms with Crippen molar-refractivity contribution < 1.29 is 4.79 Å². The minimum atomic E-state index is -0.00245. The van der Waals surface area contributed by atoms with E-state index in [0.29, 0.717) is 11.9 Å². The molecule has 0 bridgehead atoms. The molecule has 1 atom stereocenters. The lowest BCUT2D eigenvalue weighted by Crippen LogP contribution is -2.41. The number of para-hydroxylation sites is 1. The fraction of sp³-hybridized carbons (Fsp3) is 0.562. The number of fused-ring (bicyclic) bond motifs is 1. The summed E-state index contributed by atoms with van der Waals surface area (Å²) in [6.45, 7) is 5.92. The van der Waals surface area contributed by atoms with Gasteiger partial charge < -0.3 is 10.2 Å². The van der Waals surface area contributed by atoms with Crippen molar-refractivity contribution in [2.75, 3.05) is 18.4 Å². The first-order valence-corrected chi connectivity index (χ1v) is 7.30. The van der Waals surface area contributed by atoms with Crippen molar-refractivity contribution in [1.82, 2.24) is 4.90 Å². The van der Waals surface area contributed by atoms with Gasteiger partial charge in [-0.2, -0.15) is 0 Å². The summed E-state index contributed by atoms with van der Waals surface area (Å²) in [5.74, 6) is 1.03. The third-order valence-electron chi connectivity index (χ3n) is 4.19. The van der Waals surface area contributed by atoms with E-state index < -0.39 is 0 Å². The predicted molar refractivity (Wildman–Crippen MR) is 77.2 cm³/mol. The van der Waals surface area contributed by atoms with Crippen molar-refractivity contribution in [3.63, 3.8) is 0 Å². The Kier molecular flexibility index (Phi) is 3.21. The minimum Gasteiger partial charge on any atom is -0.384 e. The number of hydrogen-bond donors (Lipinski definition) is 1. The van der Waals surface area contributed by atoms with Crippen molar-refractivity contribution in [1.29, 1.82) is 0 Å². The standard InChI is InChI=1S/C16H22N2O/c1-11(2)18(10-12-7-8-12)16(19)14-9-17-15-6-4-3-5-13(14)15/h3-6,11-12,14,17H,7-10H2,1-2H3. The van der Waals surface area contributed by atoms with E-state index in [1.54, 1.807) is 0 Å². The molecule has 3 nitrogen and oxygen atoms in total. The van der Waals surface area contributed by atoms with E-state index in [1.165, 1.54) is 12.8 Å². The molecule has 2 aliphatic rings. The molecule has 0 saturated heterocycles. The molecule has 0 aromatic heterocycles. The Balaban J connectivity index is 1.79. The molecule has 3 heteroatoms. The molecule has 3 rings (SSSR count). The number of nitrogens with one attached hydrogen (secondary N) is 1. The fourth-order valence-corrected chi connectivity index (χ4v) is 2.84. The maximum atomic E-state index is 12.8. The molecule has 1 aromatic carbocycles. The van der Waals surface area contributed by atoms with Crippen LogP contribution in [-0.4, -0.2) is 29.9 Å². The Morgan fingerprint density at radius 2 is 2.11 bits per heavy atom. The second-order valence-corrected chi connectivity index (χ2v) is 6.05. The van der Waals surface area contributed by atoms with Crippen LogP contribution in [0.1, 0.15) is 38.2 Å². The van der Waals surface area contributed by atoms with Gasteiger partial charge in [-0.1, -0.05) is 18.2 Å². The SMILES string of the molecule is CC(C)N(CC1CC1)C(=O)C1CNc2ccccc21. The summed E-state index contributed by atoms with van der Waals surface area (Å²) in [5, 5.41) is 3.35. The summed E-state index contributed by atoms with van der Waals surface area (Å²) in [4.78, 5) is 14.9. The first-order chi connectivity index (χ1) is 9.16. The molecule has 0 radical (unpaired) electrons. The Morgan fingerprint density at radius 3 is 2.79 bits per heavy atom. The summed E-state index contributed by atoms with van der Waals surface area (Å²) in [7, 11) is 0. The quantitative estimate of drug-likeness (QED) is 0.900. The van der Waals surface area contributed by atoms with Gasteiger partial charge in [0.05, 0.1) is 5.92 Å². The van der Waals surface area contributed by atoms with Crippen molar-refractivity contribution in [2.45, 2.75) is 38.6 Å². The minimum absolute atomic E-state index is 0.00245. The van der Waals surface area contributed by atoms with Gasteiger partial charge in [0, 0.05) is 24.8 Å². The van der Waals surface area contributed by atoms with Crippen LogP contribution < -0.4 is 5.32 Å². The van der Waals surface area contributed by atoms with Gasteiger partial charge in [-0.15, -0.1) is 0 Å². The molecule has 1 heterocycles. The Hall–Kier alpha value is -1.51. The van der Waals surface area contributed by atoms with Gasteiger partial charge in [-0.05, 0) is 44.2 Å². The average Bonchev–Trinajstić information content (AvgIpc) is 3.12. The summed E-state index contributed by atoms with van der Waals surface area (Å²) < 4.78 is 0. The Morgan fingerprint density at radius 1 is 1.37 bits per heavy atom. The first kappa shape index (κ1) is 12.5. The molecule has 1 amide bonds. The third-order valence-corrected chi connectivity index (χ3v) is 4.19. The number of nitrogens with zero attached hydrogens (tertiary/aromatic N) is 1. The molecule has 19 heavy (non-hydrogen) atoms. The maximum absolute atomic E-state index is 12.8. The molecule has 1 aliphatic heterocycles. The highest BCUT2D eigenvalue weighted by atomic mass is 16.2. The number of carbonyl (C=O) groups excluding carboxylic acids is 1. The number of hydrogen-bond acceptors (Lipinski definition) is 2. The van der Waals surface area contributed by atoms with E-state index in [0.717, 1.165) is 30.3 Å². The van der Waals surface area contributed by atoms with E-state index in [-0.39, 0.29) is 5.92 Å². The van der Waals surface area contributed by atoms with Crippen molar-refractivity contribution >= 4 is 11.6 Å². The van der Waals surface area contributed by atoms with E-state index >= 15 is 0 Å². The third kappa shape index (κ3) is 2.46. The van der Waals surface area contributed by atoms with Crippen molar-refractivity contribution in [3.05, 3.63) is 29.8 Å². The van der Waals surface area contributed by atoms with Crippen molar-refractivity contribution in [3.8, 4) is 0 Å². The number of amides is 1. The molecule has 1 unspecified atom stereocenters. The van der Waals surface area contributed by atoms with E-state index in [1.807, 2.05) is 12.1 Å². The molecule has 1 N–H and O–H groups in total. The molecule has 1 fully saturated rings. The van der Waals surface area contributed by atoms with Gasteiger partial charge in [0.25, 0.3) is 0 Å². The zero-order chi connectivity index (χ0) is 13.4. The summed E-state index contributed by atoms with van der Waals surface area (Å²) in [6, 6.07) is 8.47. The Labute approximate surface area is 115 Å². The summed E-state index contributed by atoms with van der Waals surface area (Å²) in [6.07, 6.45) is 2.58. The average molecular weight is 258 g/mol. The fourth-order valence-electron chi connectivity index (χ4n) is 2.84. The summed E-state index contributed by atoms with van der Waals surface area (Å²) in [5.41, 5.74) is 2.28. The Bertz CT molecular complexity index is 479. The van der Waals surface area contributed by atoms with Gasteiger partial charge >= 0.3 is 0 Å². The summed E-state index contributed by atoms with van der Waals surface area (Å²) >= 11 is 0.